The summed E-state index contributed by atoms with van der Waals surface area (Å²) in [5, 5.41) is 14.8. The molecule has 0 bridgehead atoms. The molecule has 6 heteroatoms. The average Bonchev–Trinajstić information content (AvgIpc) is 2.97. The van der Waals surface area contributed by atoms with Crippen molar-refractivity contribution in [2.24, 2.45) is 5.92 Å². The maximum absolute atomic E-state index is 12.0. The topological polar surface area (TPSA) is 90.0 Å². The summed E-state index contributed by atoms with van der Waals surface area (Å²) in [6.45, 7) is 4.74. The van der Waals surface area contributed by atoms with Crippen LogP contribution in [0, 0.1) is 5.92 Å². The lowest BCUT2D eigenvalue weighted by atomic mass is 10.0. The molecule has 0 saturated carbocycles. The van der Waals surface area contributed by atoms with Gasteiger partial charge in [-0.3, -0.25) is 0 Å². The van der Waals surface area contributed by atoms with Crippen LogP contribution in [0.15, 0.2) is 24.3 Å². The van der Waals surface area contributed by atoms with Crippen LogP contribution in [0.2, 0.25) is 0 Å². The average molecular weight is 318 g/mol. The minimum atomic E-state index is -0.211. The quantitative estimate of drug-likeness (QED) is 0.603. The number of aromatic amines is 1. The van der Waals surface area contributed by atoms with Crippen molar-refractivity contribution >= 4 is 17.1 Å². The molecule has 0 saturated heterocycles. The van der Waals surface area contributed by atoms with Crippen molar-refractivity contribution in [3.8, 4) is 0 Å². The van der Waals surface area contributed by atoms with Crippen LogP contribution in [0.5, 0.6) is 0 Å². The van der Waals surface area contributed by atoms with Crippen molar-refractivity contribution in [1.29, 1.82) is 0 Å². The van der Waals surface area contributed by atoms with Gasteiger partial charge in [0.25, 0.3) is 0 Å². The molecule has 2 aromatic rings. The minimum absolute atomic E-state index is 0.156. The molecule has 0 spiro atoms. The first-order valence-electron chi connectivity index (χ1n) is 8.24. The van der Waals surface area contributed by atoms with Crippen molar-refractivity contribution in [3.63, 3.8) is 0 Å². The van der Waals surface area contributed by atoms with Gasteiger partial charge in [0.15, 0.2) is 0 Å². The fourth-order valence-corrected chi connectivity index (χ4v) is 2.67. The first-order chi connectivity index (χ1) is 11.1. The third kappa shape index (κ3) is 4.96. The SMILES string of the molecule is CCCC(CCO)CNC(=O)NC(C)c1nc2ccccc2[nH]1. The van der Waals surface area contributed by atoms with Gasteiger partial charge < -0.3 is 20.7 Å². The molecule has 0 aliphatic heterocycles. The number of aliphatic hydroxyl groups is 1. The lowest BCUT2D eigenvalue weighted by molar-refractivity contribution is 0.227. The molecule has 126 valence electrons. The van der Waals surface area contributed by atoms with Crippen LogP contribution < -0.4 is 10.6 Å². The highest BCUT2D eigenvalue weighted by molar-refractivity contribution is 5.76. The number of carbonyl (C=O) groups excluding carboxylic acids is 1. The van der Waals surface area contributed by atoms with Gasteiger partial charge in [0, 0.05) is 13.2 Å². The minimum Gasteiger partial charge on any atom is -0.396 e. The highest BCUT2D eigenvalue weighted by Crippen LogP contribution is 2.15. The second-order valence-corrected chi connectivity index (χ2v) is 5.88. The molecule has 6 nitrogen and oxygen atoms in total. The molecule has 2 unspecified atom stereocenters. The molecule has 1 aromatic carbocycles. The lowest BCUT2D eigenvalue weighted by Crippen LogP contribution is -2.39. The Morgan fingerprint density at radius 2 is 2.13 bits per heavy atom. The molecule has 0 aliphatic rings. The highest BCUT2D eigenvalue weighted by atomic mass is 16.3. The normalized spacial score (nSPS) is 13.7. The smallest absolute Gasteiger partial charge is 0.315 e. The van der Waals surface area contributed by atoms with Crippen LogP contribution in [-0.4, -0.2) is 34.3 Å². The van der Waals surface area contributed by atoms with Crippen molar-refractivity contribution < 1.29 is 9.90 Å². The second kappa shape index (κ2) is 8.53. The zero-order valence-corrected chi connectivity index (χ0v) is 13.8. The number of benzene rings is 1. The number of amides is 2. The summed E-state index contributed by atoms with van der Waals surface area (Å²) in [7, 11) is 0. The number of para-hydroxylation sites is 2. The lowest BCUT2D eigenvalue weighted by Gasteiger charge is -2.17. The standard InChI is InChI=1S/C17H26N4O2/c1-3-6-13(9-10-22)11-18-17(23)19-12(2)16-20-14-7-4-5-8-15(14)21-16/h4-5,7-8,12-13,22H,3,6,9-11H2,1-2H3,(H,20,21)(H2,18,19,23). The fraction of sp³-hybridized carbons (Fsp3) is 0.529. The Hall–Kier alpha value is -2.08. The van der Waals surface area contributed by atoms with Crippen LogP contribution in [0.1, 0.15) is 45.0 Å². The first kappa shape index (κ1) is 17.3. The number of aromatic nitrogens is 2. The van der Waals surface area contributed by atoms with Gasteiger partial charge in [-0.2, -0.15) is 0 Å². The van der Waals surface area contributed by atoms with E-state index in [0.717, 1.165) is 29.7 Å². The number of H-pyrrole nitrogens is 1. The van der Waals surface area contributed by atoms with E-state index in [0.29, 0.717) is 18.9 Å². The van der Waals surface area contributed by atoms with Crippen LogP contribution in [0.3, 0.4) is 0 Å². The molecule has 2 atom stereocenters. The van der Waals surface area contributed by atoms with Crippen molar-refractivity contribution in [2.75, 3.05) is 13.2 Å². The van der Waals surface area contributed by atoms with Gasteiger partial charge in [0.1, 0.15) is 5.82 Å². The van der Waals surface area contributed by atoms with E-state index in [2.05, 4.69) is 27.5 Å². The molecule has 4 N–H and O–H groups in total. The Morgan fingerprint density at radius 1 is 1.35 bits per heavy atom. The summed E-state index contributed by atoms with van der Waals surface area (Å²) in [4.78, 5) is 19.7. The van der Waals surface area contributed by atoms with Gasteiger partial charge in [0.2, 0.25) is 0 Å². The summed E-state index contributed by atoms with van der Waals surface area (Å²) >= 11 is 0. The van der Waals surface area contributed by atoms with E-state index in [1.54, 1.807) is 0 Å². The monoisotopic (exact) mass is 318 g/mol. The van der Waals surface area contributed by atoms with E-state index in [9.17, 15) is 4.79 Å². The van der Waals surface area contributed by atoms with E-state index in [-0.39, 0.29) is 18.7 Å². The van der Waals surface area contributed by atoms with E-state index in [4.69, 9.17) is 5.11 Å². The van der Waals surface area contributed by atoms with Gasteiger partial charge in [-0.25, -0.2) is 9.78 Å². The van der Waals surface area contributed by atoms with Crippen LogP contribution >= 0.6 is 0 Å². The molecule has 0 aliphatic carbocycles. The predicted molar refractivity (Wildman–Crippen MR) is 91.1 cm³/mol. The van der Waals surface area contributed by atoms with Crippen LogP contribution in [0.4, 0.5) is 4.79 Å². The summed E-state index contributed by atoms with van der Waals surface area (Å²) in [5.41, 5.74) is 1.85. The molecule has 0 fully saturated rings. The summed E-state index contributed by atoms with van der Waals surface area (Å²) < 4.78 is 0. The zero-order chi connectivity index (χ0) is 16.7. The summed E-state index contributed by atoms with van der Waals surface area (Å²) in [5.74, 6) is 1.05. The van der Waals surface area contributed by atoms with E-state index >= 15 is 0 Å². The Morgan fingerprint density at radius 3 is 2.83 bits per heavy atom. The number of hydrogen-bond acceptors (Lipinski definition) is 3. The van der Waals surface area contributed by atoms with Crippen LogP contribution in [0.25, 0.3) is 11.0 Å². The zero-order valence-electron chi connectivity index (χ0n) is 13.8. The maximum Gasteiger partial charge on any atom is 0.315 e. The number of rotatable bonds is 8. The number of aliphatic hydroxyl groups excluding tert-OH is 1. The number of carbonyl (C=O) groups is 1. The Balaban J connectivity index is 1.86. The summed E-state index contributed by atoms with van der Waals surface area (Å²) in [6, 6.07) is 7.37. The van der Waals surface area contributed by atoms with Crippen molar-refractivity contribution in [1.82, 2.24) is 20.6 Å². The largest absolute Gasteiger partial charge is 0.396 e. The van der Waals surface area contributed by atoms with E-state index < -0.39 is 0 Å². The van der Waals surface area contributed by atoms with Gasteiger partial charge in [0.05, 0.1) is 17.1 Å². The molecule has 0 radical (unpaired) electrons. The molecule has 23 heavy (non-hydrogen) atoms. The Kier molecular flexibility index (Phi) is 6.40. The molecule has 1 aromatic heterocycles. The molecule has 2 rings (SSSR count). The molecule has 2 amide bonds. The summed E-state index contributed by atoms with van der Waals surface area (Å²) in [6.07, 6.45) is 2.76. The number of fused-ring (bicyclic) bond motifs is 1. The van der Waals surface area contributed by atoms with Gasteiger partial charge in [-0.15, -0.1) is 0 Å². The number of nitrogens with zero attached hydrogens (tertiary/aromatic N) is 1. The van der Waals surface area contributed by atoms with Crippen molar-refractivity contribution in [3.05, 3.63) is 30.1 Å². The van der Waals surface area contributed by atoms with Gasteiger partial charge in [-0.1, -0.05) is 25.5 Å². The maximum atomic E-state index is 12.0. The van der Waals surface area contributed by atoms with Crippen molar-refractivity contribution in [2.45, 2.75) is 39.2 Å². The van der Waals surface area contributed by atoms with Crippen LogP contribution in [-0.2, 0) is 0 Å². The van der Waals surface area contributed by atoms with E-state index in [1.807, 2.05) is 31.2 Å². The predicted octanol–water partition coefficient (Wildman–Crippen LogP) is 2.72. The third-order valence-electron chi connectivity index (χ3n) is 3.95. The Labute approximate surface area is 136 Å². The number of urea groups is 1. The number of nitrogens with one attached hydrogen (secondary N) is 3. The molecular weight excluding hydrogens is 292 g/mol. The fourth-order valence-electron chi connectivity index (χ4n) is 2.67. The first-order valence-corrected chi connectivity index (χ1v) is 8.24. The van der Waals surface area contributed by atoms with Gasteiger partial charge >= 0.3 is 6.03 Å². The molecule has 1 heterocycles. The number of imidazole rings is 1. The number of hydrogen-bond donors (Lipinski definition) is 4. The Bertz CT molecular complexity index is 587. The third-order valence-corrected chi connectivity index (χ3v) is 3.95. The second-order valence-electron chi connectivity index (χ2n) is 5.88. The molecular formula is C17H26N4O2. The van der Waals surface area contributed by atoms with E-state index in [1.165, 1.54) is 0 Å². The highest BCUT2D eigenvalue weighted by Gasteiger charge is 2.14. The van der Waals surface area contributed by atoms with Gasteiger partial charge in [-0.05, 0) is 37.8 Å².